The molecule has 4 rings (SSSR count). The van der Waals surface area contributed by atoms with Crippen LogP contribution < -0.4 is 10.2 Å². The van der Waals surface area contributed by atoms with Crippen LogP contribution in [0, 0.1) is 5.82 Å². The van der Waals surface area contributed by atoms with Crippen LogP contribution in [0.1, 0.15) is 62.2 Å². The van der Waals surface area contributed by atoms with Crippen LogP contribution in [-0.2, 0) is 35.5 Å². The summed E-state index contributed by atoms with van der Waals surface area (Å²) in [5.41, 5.74) is -1.98. The minimum atomic E-state index is -4.79. The quantitative estimate of drug-likeness (QED) is 0.277. The second-order valence-corrected chi connectivity index (χ2v) is 9.46. The van der Waals surface area contributed by atoms with E-state index in [-0.39, 0.29) is 42.3 Å². The highest BCUT2D eigenvalue weighted by molar-refractivity contribution is 5.56. The normalized spacial score (nSPS) is 16.8. The average molecular weight is 592 g/mol. The van der Waals surface area contributed by atoms with Gasteiger partial charge in [0.2, 0.25) is 0 Å². The van der Waals surface area contributed by atoms with E-state index in [9.17, 15) is 35.5 Å². The van der Waals surface area contributed by atoms with Crippen LogP contribution in [0.3, 0.4) is 0 Å². The van der Waals surface area contributed by atoms with Crippen molar-refractivity contribution in [2.45, 2.75) is 70.7 Å². The number of rotatable bonds is 7. The first-order valence-corrected chi connectivity index (χ1v) is 12.4. The third kappa shape index (κ3) is 8.27. The Morgan fingerprint density at radius 2 is 1.85 bits per heavy atom. The SMILES string of the molecule is CC(C)OC=O.CC[C@@H]1C[C@H](N(Cc2cc(F)cc(C(F)(F)F)c2)c2nnn(C)n2)c2nc(C(F)(F)F)ccc2N1. The van der Waals surface area contributed by atoms with Gasteiger partial charge in [-0.15, -0.1) is 5.10 Å². The van der Waals surface area contributed by atoms with Gasteiger partial charge in [-0.2, -0.15) is 31.1 Å². The Hall–Kier alpha value is -3.98. The molecule has 41 heavy (non-hydrogen) atoms. The molecular weight excluding hydrogens is 563 g/mol. The number of anilines is 2. The number of hydrogen-bond acceptors (Lipinski definition) is 8. The van der Waals surface area contributed by atoms with Crippen molar-refractivity contribution >= 4 is 18.1 Å². The van der Waals surface area contributed by atoms with E-state index in [0.29, 0.717) is 24.6 Å². The maximum Gasteiger partial charge on any atom is 0.433 e. The third-order valence-corrected chi connectivity index (χ3v) is 5.99. The molecule has 224 valence electrons. The molecule has 9 nitrogen and oxygen atoms in total. The molecule has 0 bridgehead atoms. The number of pyridine rings is 1. The van der Waals surface area contributed by atoms with E-state index < -0.39 is 35.5 Å². The molecule has 1 aliphatic rings. The number of alkyl halides is 6. The van der Waals surface area contributed by atoms with E-state index in [0.717, 1.165) is 23.0 Å². The Bertz CT molecular complexity index is 1330. The van der Waals surface area contributed by atoms with Gasteiger partial charge >= 0.3 is 12.4 Å². The molecule has 2 aromatic heterocycles. The molecule has 3 heterocycles. The highest BCUT2D eigenvalue weighted by Gasteiger charge is 2.39. The van der Waals surface area contributed by atoms with Crippen LogP contribution >= 0.6 is 0 Å². The molecule has 0 saturated carbocycles. The van der Waals surface area contributed by atoms with E-state index >= 15 is 0 Å². The van der Waals surface area contributed by atoms with Gasteiger partial charge < -0.3 is 15.0 Å². The number of hydrogen-bond donors (Lipinski definition) is 1. The fraction of sp³-hybridized carbons (Fsp3) is 0.480. The number of aryl methyl sites for hydroxylation is 1. The van der Waals surface area contributed by atoms with Gasteiger partial charge in [0.25, 0.3) is 12.4 Å². The molecule has 16 heteroatoms. The number of aromatic nitrogens is 5. The minimum absolute atomic E-state index is 0.0301. The Balaban J connectivity index is 0.000000696. The summed E-state index contributed by atoms with van der Waals surface area (Å²) in [5, 5.41) is 14.9. The van der Waals surface area contributed by atoms with Gasteiger partial charge in [0, 0.05) is 12.6 Å². The van der Waals surface area contributed by atoms with Crippen LogP contribution in [0.15, 0.2) is 30.3 Å². The Kier molecular flexibility index (Phi) is 9.76. The van der Waals surface area contributed by atoms with Crippen LogP contribution in [0.25, 0.3) is 0 Å². The molecule has 1 N–H and O–H groups in total. The molecule has 0 saturated heterocycles. The molecule has 0 unspecified atom stereocenters. The molecule has 0 aliphatic carbocycles. The summed E-state index contributed by atoms with van der Waals surface area (Å²) in [4.78, 5) is 15.7. The van der Waals surface area contributed by atoms with Crippen molar-refractivity contribution in [1.82, 2.24) is 25.2 Å². The first-order valence-electron chi connectivity index (χ1n) is 12.4. The summed E-state index contributed by atoms with van der Waals surface area (Å²) >= 11 is 0. The summed E-state index contributed by atoms with van der Waals surface area (Å²) < 4.78 is 98.5. The van der Waals surface area contributed by atoms with Gasteiger partial charge in [-0.3, -0.25) is 4.79 Å². The van der Waals surface area contributed by atoms with Crippen molar-refractivity contribution in [3.8, 4) is 0 Å². The molecule has 1 aromatic carbocycles. The summed E-state index contributed by atoms with van der Waals surface area (Å²) in [6.45, 7) is 5.60. The van der Waals surface area contributed by atoms with Crippen molar-refractivity contribution in [2.24, 2.45) is 7.05 Å². The van der Waals surface area contributed by atoms with E-state index in [4.69, 9.17) is 0 Å². The zero-order chi connectivity index (χ0) is 30.5. The van der Waals surface area contributed by atoms with Crippen molar-refractivity contribution < 1.29 is 40.3 Å². The van der Waals surface area contributed by atoms with Crippen LogP contribution in [0.2, 0.25) is 0 Å². The molecule has 0 radical (unpaired) electrons. The summed E-state index contributed by atoms with van der Waals surface area (Å²) in [6.07, 6.45) is -8.61. The van der Waals surface area contributed by atoms with Gasteiger partial charge in [0.05, 0.1) is 36.1 Å². The number of nitrogens with zero attached hydrogens (tertiary/aromatic N) is 6. The number of fused-ring (bicyclic) bond motifs is 1. The fourth-order valence-electron chi connectivity index (χ4n) is 4.13. The lowest BCUT2D eigenvalue weighted by Crippen LogP contribution is -2.39. The van der Waals surface area contributed by atoms with Gasteiger partial charge in [-0.1, -0.05) is 12.0 Å². The van der Waals surface area contributed by atoms with Gasteiger partial charge in [0.15, 0.2) is 0 Å². The van der Waals surface area contributed by atoms with Crippen molar-refractivity contribution in [3.05, 3.63) is 58.7 Å². The largest absolute Gasteiger partial charge is 0.465 e. The second-order valence-electron chi connectivity index (χ2n) is 9.46. The zero-order valence-corrected chi connectivity index (χ0v) is 22.5. The van der Waals surface area contributed by atoms with E-state index in [1.807, 2.05) is 6.92 Å². The smallest absolute Gasteiger partial charge is 0.433 e. The highest BCUT2D eigenvalue weighted by Crippen LogP contribution is 2.41. The summed E-state index contributed by atoms with van der Waals surface area (Å²) in [7, 11) is 1.46. The Morgan fingerprint density at radius 1 is 1.15 bits per heavy atom. The van der Waals surface area contributed by atoms with Crippen molar-refractivity contribution in [3.63, 3.8) is 0 Å². The minimum Gasteiger partial charge on any atom is -0.465 e. The molecule has 2 atom stereocenters. The third-order valence-electron chi connectivity index (χ3n) is 5.99. The summed E-state index contributed by atoms with van der Waals surface area (Å²) in [5.74, 6) is -1.14. The number of ether oxygens (including phenoxy) is 1. The maximum absolute atomic E-state index is 14.1. The molecular formula is C25H28F7N7O2. The van der Waals surface area contributed by atoms with Gasteiger partial charge in [-0.05, 0) is 67.8 Å². The predicted octanol–water partition coefficient (Wildman–Crippen LogP) is 5.69. The predicted molar refractivity (Wildman–Crippen MR) is 133 cm³/mol. The average Bonchev–Trinajstić information content (AvgIpc) is 3.31. The number of carbonyl (C=O) groups is 1. The molecule has 0 fully saturated rings. The fourth-order valence-corrected chi connectivity index (χ4v) is 4.13. The first-order chi connectivity index (χ1) is 19.1. The van der Waals surface area contributed by atoms with Crippen molar-refractivity contribution in [2.75, 3.05) is 10.2 Å². The highest BCUT2D eigenvalue weighted by atomic mass is 19.4. The van der Waals surface area contributed by atoms with Crippen LogP contribution in [-0.4, -0.2) is 43.8 Å². The Labute approximate surface area is 230 Å². The van der Waals surface area contributed by atoms with E-state index in [2.05, 4.69) is 30.4 Å². The van der Waals surface area contributed by atoms with Crippen molar-refractivity contribution in [1.29, 1.82) is 0 Å². The lowest BCUT2D eigenvalue weighted by atomic mass is 9.93. The van der Waals surface area contributed by atoms with Crippen LogP contribution in [0.4, 0.5) is 42.4 Å². The second kappa shape index (κ2) is 12.7. The Morgan fingerprint density at radius 3 is 2.37 bits per heavy atom. The number of benzene rings is 1. The van der Waals surface area contributed by atoms with Crippen LogP contribution in [0.5, 0.6) is 0 Å². The lowest BCUT2D eigenvalue weighted by Gasteiger charge is -2.38. The monoisotopic (exact) mass is 591 g/mol. The van der Waals surface area contributed by atoms with E-state index in [1.165, 1.54) is 18.0 Å². The van der Waals surface area contributed by atoms with Gasteiger partial charge in [0.1, 0.15) is 11.5 Å². The molecule has 0 spiro atoms. The lowest BCUT2D eigenvalue weighted by molar-refractivity contribution is -0.141. The number of carbonyl (C=O) groups excluding carboxylic acids is 1. The van der Waals surface area contributed by atoms with E-state index in [1.54, 1.807) is 13.8 Å². The first kappa shape index (κ1) is 31.5. The standard InChI is InChI=1S/C21H20F7N7.C4H8O2/c1-3-14-9-16(18-15(29-14)4-5-17(30-18)21(26,27)28)35(19-31-33-34(2)32-19)10-11-6-12(20(23,24)25)8-13(22)7-11;1-4(2)6-3-5/h4-8,14,16,29H,3,9-10H2,1-2H3;3-4H,1-2H3/t14-,16+;/m1./s1. The van der Waals surface area contributed by atoms with Gasteiger partial charge in [-0.25, -0.2) is 9.37 Å². The number of halogens is 7. The molecule has 0 amide bonds. The maximum atomic E-state index is 14.1. The number of nitrogens with one attached hydrogen (secondary N) is 1. The zero-order valence-electron chi connectivity index (χ0n) is 22.5. The summed E-state index contributed by atoms with van der Waals surface area (Å²) in [6, 6.07) is 3.17. The number of tetrazole rings is 1. The molecule has 1 aliphatic heterocycles. The molecule has 3 aromatic rings. The topological polar surface area (TPSA) is 98.1 Å².